The number of thioether (sulfide) groups is 1. The fourth-order valence-corrected chi connectivity index (χ4v) is 2.68. The summed E-state index contributed by atoms with van der Waals surface area (Å²) in [5.41, 5.74) is 0.519. The van der Waals surface area contributed by atoms with Crippen LogP contribution >= 0.6 is 35.7 Å². The van der Waals surface area contributed by atoms with Crippen LogP contribution in [0.4, 0.5) is 0 Å². The molecule has 1 rings (SSSR count). The van der Waals surface area contributed by atoms with E-state index in [2.05, 4.69) is 49.5 Å². The highest BCUT2D eigenvalue weighted by atomic mass is 127. The normalized spacial score (nSPS) is 20.3. The van der Waals surface area contributed by atoms with E-state index in [1.165, 1.54) is 0 Å². The molecular weight excluding hydrogens is 369 g/mol. The molecule has 1 aliphatic heterocycles. The molecular formula is C14H28IN3S. The smallest absolute Gasteiger partial charge is 0.194 e. The Morgan fingerprint density at radius 1 is 1.42 bits per heavy atom. The SMILES string of the molecule is C=CCSCCNC(=NC)N1CC(C)(C)C1(C)C.I. The van der Waals surface area contributed by atoms with Crippen LogP contribution < -0.4 is 5.32 Å². The molecule has 112 valence electrons. The van der Waals surface area contributed by atoms with Crippen molar-refractivity contribution in [1.29, 1.82) is 0 Å². The zero-order chi connectivity index (χ0) is 13.8. The molecule has 1 saturated heterocycles. The van der Waals surface area contributed by atoms with Crippen LogP contribution in [0.25, 0.3) is 0 Å². The van der Waals surface area contributed by atoms with Crippen LogP contribution in [0.3, 0.4) is 0 Å². The van der Waals surface area contributed by atoms with Gasteiger partial charge in [-0.25, -0.2) is 0 Å². The van der Waals surface area contributed by atoms with Crippen LogP contribution in [-0.4, -0.2) is 48.0 Å². The van der Waals surface area contributed by atoms with Crippen molar-refractivity contribution >= 4 is 41.7 Å². The topological polar surface area (TPSA) is 27.6 Å². The number of hydrogen-bond donors (Lipinski definition) is 1. The van der Waals surface area contributed by atoms with Gasteiger partial charge in [0.25, 0.3) is 0 Å². The van der Waals surface area contributed by atoms with Gasteiger partial charge in [-0.3, -0.25) is 4.99 Å². The first-order chi connectivity index (χ1) is 8.36. The van der Waals surface area contributed by atoms with Crippen LogP contribution in [0.15, 0.2) is 17.6 Å². The first-order valence-corrected chi connectivity index (χ1v) is 7.69. The summed E-state index contributed by atoms with van der Waals surface area (Å²) in [6.45, 7) is 15.0. The lowest BCUT2D eigenvalue weighted by molar-refractivity contribution is -0.0666. The van der Waals surface area contributed by atoms with E-state index in [0.717, 1.165) is 30.6 Å². The molecule has 0 atom stereocenters. The number of halogens is 1. The van der Waals surface area contributed by atoms with Crippen molar-refractivity contribution in [2.24, 2.45) is 10.4 Å². The van der Waals surface area contributed by atoms with Crippen molar-refractivity contribution in [2.75, 3.05) is 31.6 Å². The fraction of sp³-hybridized carbons (Fsp3) is 0.786. The number of nitrogens with one attached hydrogen (secondary N) is 1. The standard InChI is InChI=1S/C14H27N3S.HI/c1-7-9-18-10-8-16-12(15-6)17-11-13(2,3)14(17,4)5;/h7H,1,8-11H2,2-6H3,(H,15,16);1H. The second-order valence-electron chi connectivity index (χ2n) is 5.87. The molecule has 0 aromatic heterocycles. The van der Waals surface area contributed by atoms with E-state index in [4.69, 9.17) is 0 Å². The Morgan fingerprint density at radius 3 is 2.47 bits per heavy atom. The van der Waals surface area contributed by atoms with Gasteiger partial charge in [-0.2, -0.15) is 11.8 Å². The summed E-state index contributed by atoms with van der Waals surface area (Å²) in [7, 11) is 1.86. The molecule has 0 aromatic carbocycles. The molecule has 19 heavy (non-hydrogen) atoms. The summed E-state index contributed by atoms with van der Waals surface area (Å²) in [5.74, 6) is 3.13. The molecule has 0 aliphatic carbocycles. The van der Waals surface area contributed by atoms with Crippen LogP contribution in [0.5, 0.6) is 0 Å². The molecule has 3 nitrogen and oxygen atoms in total. The van der Waals surface area contributed by atoms with Crippen LogP contribution in [0.1, 0.15) is 27.7 Å². The Hall–Kier alpha value is 0.0900. The van der Waals surface area contributed by atoms with E-state index < -0.39 is 0 Å². The maximum Gasteiger partial charge on any atom is 0.194 e. The van der Waals surface area contributed by atoms with Crippen molar-refractivity contribution in [3.8, 4) is 0 Å². The highest BCUT2D eigenvalue weighted by molar-refractivity contribution is 14.0. The van der Waals surface area contributed by atoms with Gasteiger partial charge in [0.1, 0.15) is 0 Å². The van der Waals surface area contributed by atoms with Gasteiger partial charge >= 0.3 is 0 Å². The molecule has 0 aromatic rings. The van der Waals surface area contributed by atoms with Gasteiger partial charge in [0.05, 0.1) is 0 Å². The second-order valence-corrected chi connectivity index (χ2v) is 7.02. The third-order valence-electron chi connectivity index (χ3n) is 4.12. The van der Waals surface area contributed by atoms with E-state index in [0.29, 0.717) is 5.41 Å². The summed E-state index contributed by atoms with van der Waals surface area (Å²) in [5, 5.41) is 3.44. The molecule has 0 saturated carbocycles. The molecule has 1 fully saturated rings. The number of hydrogen-bond acceptors (Lipinski definition) is 2. The zero-order valence-electron chi connectivity index (χ0n) is 12.8. The van der Waals surface area contributed by atoms with Crippen molar-refractivity contribution in [1.82, 2.24) is 10.2 Å². The maximum absolute atomic E-state index is 4.39. The molecule has 0 bridgehead atoms. The van der Waals surface area contributed by atoms with E-state index in [-0.39, 0.29) is 29.5 Å². The van der Waals surface area contributed by atoms with Gasteiger partial charge in [-0.05, 0) is 13.8 Å². The minimum absolute atomic E-state index is 0. The van der Waals surface area contributed by atoms with Crippen LogP contribution in [0.2, 0.25) is 0 Å². The molecule has 0 amide bonds. The maximum atomic E-state index is 4.39. The second kappa shape index (κ2) is 7.76. The lowest BCUT2D eigenvalue weighted by atomic mass is 9.65. The number of aliphatic imine (C=N–C) groups is 1. The monoisotopic (exact) mass is 397 g/mol. The largest absolute Gasteiger partial charge is 0.355 e. The molecule has 0 spiro atoms. The minimum Gasteiger partial charge on any atom is -0.355 e. The highest BCUT2D eigenvalue weighted by Gasteiger charge is 2.53. The minimum atomic E-state index is 0. The summed E-state index contributed by atoms with van der Waals surface area (Å²) >= 11 is 1.89. The molecule has 1 aliphatic rings. The third-order valence-corrected chi connectivity index (χ3v) is 5.08. The van der Waals surface area contributed by atoms with Gasteiger partial charge in [0.15, 0.2) is 5.96 Å². The molecule has 1 heterocycles. The fourth-order valence-electron chi connectivity index (χ4n) is 2.10. The predicted molar refractivity (Wildman–Crippen MR) is 98.9 cm³/mol. The van der Waals surface area contributed by atoms with Gasteiger partial charge < -0.3 is 10.2 Å². The number of guanidine groups is 1. The molecule has 0 radical (unpaired) electrons. The van der Waals surface area contributed by atoms with Gasteiger partial charge in [-0.1, -0.05) is 19.9 Å². The predicted octanol–water partition coefficient (Wildman–Crippen LogP) is 3.22. The molecule has 0 unspecified atom stereocenters. The third kappa shape index (κ3) is 4.28. The van der Waals surface area contributed by atoms with E-state index >= 15 is 0 Å². The zero-order valence-corrected chi connectivity index (χ0v) is 16.0. The first kappa shape index (κ1) is 19.1. The Kier molecular flexibility index (Phi) is 7.80. The summed E-state index contributed by atoms with van der Waals surface area (Å²) in [4.78, 5) is 6.76. The molecule has 1 N–H and O–H groups in total. The van der Waals surface area contributed by atoms with Gasteiger partial charge in [-0.15, -0.1) is 30.6 Å². The van der Waals surface area contributed by atoms with Crippen molar-refractivity contribution in [2.45, 2.75) is 33.2 Å². The number of nitrogens with zero attached hydrogens (tertiary/aromatic N) is 2. The van der Waals surface area contributed by atoms with Gasteiger partial charge in [0, 0.05) is 42.6 Å². The van der Waals surface area contributed by atoms with Crippen LogP contribution in [0, 0.1) is 5.41 Å². The lowest BCUT2D eigenvalue weighted by Gasteiger charge is -2.62. The number of likely N-dealkylation sites (tertiary alicyclic amines) is 1. The highest BCUT2D eigenvalue weighted by Crippen LogP contribution is 2.46. The summed E-state index contributed by atoms with van der Waals surface area (Å²) in [6.07, 6.45) is 1.94. The van der Waals surface area contributed by atoms with Crippen molar-refractivity contribution < 1.29 is 0 Å². The van der Waals surface area contributed by atoms with Gasteiger partial charge in [0.2, 0.25) is 0 Å². The van der Waals surface area contributed by atoms with E-state index in [9.17, 15) is 0 Å². The average Bonchev–Trinajstić information content (AvgIpc) is 2.32. The Balaban J connectivity index is 0.00000324. The van der Waals surface area contributed by atoms with Crippen molar-refractivity contribution in [3.05, 3.63) is 12.7 Å². The summed E-state index contributed by atoms with van der Waals surface area (Å²) < 4.78 is 0. The number of rotatable bonds is 5. The first-order valence-electron chi connectivity index (χ1n) is 6.54. The molecule has 5 heteroatoms. The quantitative estimate of drug-likeness (QED) is 0.254. The Bertz CT molecular complexity index is 327. The van der Waals surface area contributed by atoms with Crippen LogP contribution in [-0.2, 0) is 0 Å². The Labute approximate surface area is 139 Å². The van der Waals surface area contributed by atoms with E-state index in [1.807, 2.05) is 24.9 Å². The lowest BCUT2D eigenvalue weighted by Crippen LogP contribution is -2.72. The average molecular weight is 397 g/mol. The van der Waals surface area contributed by atoms with E-state index in [1.54, 1.807) is 0 Å². The summed E-state index contributed by atoms with van der Waals surface area (Å²) in [6, 6.07) is 0. The Morgan fingerprint density at radius 2 is 2.05 bits per heavy atom. The van der Waals surface area contributed by atoms with Crippen molar-refractivity contribution in [3.63, 3.8) is 0 Å².